The predicted molar refractivity (Wildman–Crippen MR) is 86.9 cm³/mol. The normalized spacial score (nSPS) is 18.0. The van der Waals surface area contributed by atoms with Crippen molar-refractivity contribution >= 4 is 11.6 Å². The van der Waals surface area contributed by atoms with Crippen molar-refractivity contribution in [3.8, 4) is 0 Å². The maximum absolute atomic E-state index is 4.60. The molecule has 1 aromatic carbocycles. The number of nitrogens with zero attached hydrogens (tertiary/aromatic N) is 3. The molecule has 21 heavy (non-hydrogen) atoms. The van der Waals surface area contributed by atoms with Gasteiger partial charge in [-0.15, -0.1) is 0 Å². The molecule has 4 nitrogen and oxygen atoms in total. The van der Waals surface area contributed by atoms with Crippen LogP contribution in [0.15, 0.2) is 36.4 Å². The lowest BCUT2D eigenvalue weighted by atomic mass is 9.99. The zero-order valence-corrected chi connectivity index (χ0v) is 12.7. The second-order valence-electron chi connectivity index (χ2n) is 5.53. The van der Waals surface area contributed by atoms with Crippen molar-refractivity contribution in [3.63, 3.8) is 0 Å². The molecule has 1 N–H and O–H groups in total. The van der Waals surface area contributed by atoms with Gasteiger partial charge in [-0.2, -0.15) is 0 Å². The zero-order valence-electron chi connectivity index (χ0n) is 12.7. The molecule has 1 aromatic heterocycles. The Morgan fingerprint density at radius 2 is 2.05 bits per heavy atom. The number of anilines is 2. The predicted octanol–water partition coefficient (Wildman–Crippen LogP) is 3.21. The second-order valence-corrected chi connectivity index (χ2v) is 5.53. The summed E-state index contributed by atoms with van der Waals surface area (Å²) < 4.78 is 0. The number of hydrogen-bond donors (Lipinski definition) is 1. The van der Waals surface area contributed by atoms with Gasteiger partial charge in [0.05, 0.1) is 0 Å². The van der Waals surface area contributed by atoms with Crippen LogP contribution in [0.3, 0.4) is 0 Å². The molecule has 1 unspecified atom stereocenters. The Balaban J connectivity index is 1.77. The van der Waals surface area contributed by atoms with Gasteiger partial charge in [0.1, 0.15) is 17.5 Å². The summed E-state index contributed by atoms with van der Waals surface area (Å²) in [6, 6.07) is 12.8. The smallest absolute Gasteiger partial charge is 0.134 e. The fourth-order valence-electron chi connectivity index (χ4n) is 2.95. The fraction of sp³-hybridized carbons (Fsp3) is 0.412. The summed E-state index contributed by atoms with van der Waals surface area (Å²) in [5, 5.41) is 3.28. The van der Waals surface area contributed by atoms with Gasteiger partial charge < -0.3 is 10.2 Å². The van der Waals surface area contributed by atoms with Crippen LogP contribution >= 0.6 is 0 Å². The van der Waals surface area contributed by atoms with E-state index in [0.29, 0.717) is 5.92 Å². The molecular formula is C17H22N4. The first-order valence-corrected chi connectivity index (χ1v) is 7.65. The maximum atomic E-state index is 4.60. The molecule has 110 valence electrons. The number of aryl methyl sites for hydroxylation is 1. The molecule has 1 fully saturated rings. The van der Waals surface area contributed by atoms with Crippen molar-refractivity contribution in [3.05, 3.63) is 47.8 Å². The summed E-state index contributed by atoms with van der Waals surface area (Å²) in [7, 11) is 0. The minimum Gasteiger partial charge on any atom is -0.370 e. The monoisotopic (exact) mass is 282 g/mol. The first-order chi connectivity index (χ1) is 10.3. The van der Waals surface area contributed by atoms with Gasteiger partial charge in [0.15, 0.2) is 0 Å². The Morgan fingerprint density at radius 3 is 2.81 bits per heavy atom. The van der Waals surface area contributed by atoms with E-state index in [1.807, 2.05) is 6.92 Å². The highest BCUT2D eigenvalue weighted by Crippen LogP contribution is 2.30. The number of nitrogens with one attached hydrogen (secondary N) is 1. The van der Waals surface area contributed by atoms with E-state index < -0.39 is 0 Å². The van der Waals surface area contributed by atoms with Gasteiger partial charge in [-0.1, -0.05) is 30.3 Å². The summed E-state index contributed by atoms with van der Waals surface area (Å²) in [6.45, 7) is 7.00. The number of rotatable bonds is 4. The van der Waals surface area contributed by atoms with Crippen LogP contribution in [-0.2, 0) is 0 Å². The van der Waals surface area contributed by atoms with Gasteiger partial charge in [-0.3, -0.25) is 0 Å². The van der Waals surface area contributed by atoms with Crippen molar-refractivity contribution in [1.82, 2.24) is 9.97 Å². The second kappa shape index (κ2) is 6.12. The lowest BCUT2D eigenvalue weighted by molar-refractivity contribution is 0.774. The fourth-order valence-corrected chi connectivity index (χ4v) is 2.95. The molecule has 1 aliphatic rings. The Hall–Kier alpha value is -2.10. The molecule has 0 radical (unpaired) electrons. The van der Waals surface area contributed by atoms with Crippen molar-refractivity contribution < 1.29 is 0 Å². The zero-order chi connectivity index (χ0) is 14.7. The summed E-state index contributed by atoms with van der Waals surface area (Å²) in [4.78, 5) is 11.4. The lowest BCUT2D eigenvalue weighted by Crippen LogP contribution is -2.21. The number of hydrogen-bond acceptors (Lipinski definition) is 4. The average Bonchev–Trinajstić information content (AvgIpc) is 2.98. The van der Waals surface area contributed by atoms with E-state index in [2.05, 4.69) is 63.5 Å². The maximum Gasteiger partial charge on any atom is 0.134 e. The Kier molecular flexibility index (Phi) is 4.04. The number of aromatic nitrogens is 2. The van der Waals surface area contributed by atoms with E-state index in [1.54, 1.807) is 0 Å². The molecule has 2 heterocycles. The summed E-state index contributed by atoms with van der Waals surface area (Å²) in [5.41, 5.74) is 1.43. The molecule has 1 atom stereocenters. The third-order valence-corrected chi connectivity index (χ3v) is 3.97. The van der Waals surface area contributed by atoms with Crippen LogP contribution in [0.1, 0.15) is 30.7 Å². The van der Waals surface area contributed by atoms with E-state index in [4.69, 9.17) is 0 Å². The highest BCUT2D eigenvalue weighted by atomic mass is 15.2. The highest BCUT2D eigenvalue weighted by molar-refractivity contribution is 5.50. The van der Waals surface area contributed by atoms with E-state index in [9.17, 15) is 0 Å². The van der Waals surface area contributed by atoms with Crippen molar-refractivity contribution in [1.29, 1.82) is 0 Å². The highest BCUT2D eigenvalue weighted by Gasteiger charge is 2.25. The summed E-state index contributed by atoms with van der Waals surface area (Å²) >= 11 is 0. The Morgan fingerprint density at radius 1 is 1.24 bits per heavy atom. The topological polar surface area (TPSA) is 41.0 Å². The van der Waals surface area contributed by atoms with Crippen LogP contribution in [0.2, 0.25) is 0 Å². The van der Waals surface area contributed by atoms with Gasteiger partial charge in [-0.25, -0.2) is 9.97 Å². The van der Waals surface area contributed by atoms with Crippen LogP contribution in [0, 0.1) is 6.92 Å². The van der Waals surface area contributed by atoms with E-state index in [1.165, 1.54) is 12.0 Å². The molecule has 1 saturated heterocycles. The molecule has 2 aromatic rings. The van der Waals surface area contributed by atoms with Crippen LogP contribution in [0.5, 0.6) is 0 Å². The van der Waals surface area contributed by atoms with Crippen LogP contribution in [0.4, 0.5) is 11.6 Å². The molecule has 0 saturated carbocycles. The first-order valence-electron chi connectivity index (χ1n) is 7.65. The standard InChI is InChI=1S/C17H22N4/c1-3-18-16-11-17(20-13(2)19-16)21-10-9-15(12-21)14-7-5-4-6-8-14/h4-8,11,15H,3,9-10,12H2,1-2H3,(H,18,19,20). The third kappa shape index (κ3) is 3.15. The van der Waals surface area contributed by atoms with E-state index in [0.717, 1.165) is 37.1 Å². The van der Waals surface area contributed by atoms with Crippen molar-refractivity contribution in [2.24, 2.45) is 0 Å². The van der Waals surface area contributed by atoms with Crippen LogP contribution in [-0.4, -0.2) is 29.6 Å². The molecule has 1 aliphatic heterocycles. The van der Waals surface area contributed by atoms with Crippen LogP contribution in [0.25, 0.3) is 0 Å². The number of benzene rings is 1. The van der Waals surface area contributed by atoms with Crippen molar-refractivity contribution in [2.75, 3.05) is 29.9 Å². The van der Waals surface area contributed by atoms with Gasteiger partial charge in [0.25, 0.3) is 0 Å². The van der Waals surface area contributed by atoms with Crippen molar-refractivity contribution in [2.45, 2.75) is 26.2 Å². The van der Waals surface area contributed by atoms with Gasteiger partial charge in [0, 0.05) is 31.6 Å². The first kappa shape index (κ1) is 13.9. The molecule has 0 spiro atoms. The Bertz CT molecular complexity index is 597. The van der Waals surface area contributed by atoms with E-state index in [-0.39, 0.29) is 0 Å². The molecule has 0 aliphatic carbocycles. The van der Waals surface area contributed by atoms with Gasteiger partial charge >= 0.3 is 0 Å². The summed E-state index contributed by atoms with van der Waals surface area (Å²) in [5.74, 6) is 3.38. The molecule has 3 rings (SSSR count). The van der Waals surface area contributed by atoms with Crippen LogP contribution < -0.4 is 10.2 Å². The van der Waals surface area contributed by atoms with Gasteiger partial charge in [0.2, 0.25) is 0 Å². The molecule has 0 amide bonds. The molecular weight excluding hydrogens is 260 g/mol. The average molecular weight is 282 g/mol. The largest absolute Gasteiger partial charge is 0.370 e. The SMILES string of the molecule is CCNc1cc(N2CCC(c3ccccc3)C2)nc(C)n1. The van der Waals surface area contributed by atoms with Gasteiger partial charge in [-0.05, 0) is 25.8 Å². The van der Waals surface area contributed by atoms with E-state index >= 15 is 0 Å². The quantitative estimate of drug-likeness (QED) is 0.935. The Labute approximate surface area is 126 Å². The minimum atomic E-state index is 0.601. The molecule has 4 heteroatoms. The molecule has 0 bridgehead atoms. The minimum absolute atomic E-state index is 0.601. The lowest BCUT2D eigenvalue weighted by Gasteiger charge is -2.19. The summed E-state index contributed by atoms with van der Waals surface area (Å²) in [6.07, 6.45) is 1.18. The third-order valence-electron chi connectivity index (χ3n) is 3.97.